The molecular formula is C13H20F2N2. The van der Waals surface area contributed by atoms with Crippen LogP contribution in [0.3, 0.4) is 0 Å². The zero-order valence-corrected chi connectivity index (χ0v) is 10.6. The maximum absolute atomic E-state index is 13.5. The normalized spacial score (nSPS) is 15.0. The van der Waals surface area contributed by atoms with Crippen molar-refractivity contribution in [1.29, 1.82) is 0 Å². The van der Waals surface area contributed by atoms with Gasteiger partial charge in [-0.3, -0.25) is 4.90 Å². The first-order valence-corrected chi connectivity index (χ1v) is 5.78. The van der Waals surface area contributed by atoms with Gasteiger partial charge in [-0.05, 0) is 38.6 Å². The zero-order chi connectivity index (χ0) is 13.1. The summed E-state index contributed by atoms with van der Waals surface area (Å²) in [7, 11) is 1.88. The molecule has 0 aliphatic carbocycles. The fourth-order valence-electron chi connectivity index (χ4n) is 1.68. The van der Waals surface area contributed by atoms with Crippen LogP contribution in [0.25, 0.3) is 0 Å². The van der Waals surface area contributed by atoms with E-state index in [1.165, 1.54) is 6.07 Å². The summed E-state index contributed by atoms with van der Waals surface area (Å²) in [6.45, 7) is 4.89. The van der Waals surface area contributed by atoms with Crippen LogP contribution in [0.15, 0.2) is 18.2 Å². The van der Waals surface area contributed by atoms with E-state index < -0.39 is 5.82 Å². The van der Waals surface area contributed by atoms with Crippen LogP contribution in [-0.4, -0.2) is 24.0 Å². The third-order valence-electron chi connectivity index (χ3n) is 3.54. The molecule has 0 fully saturated rings. The fraction of sp³-hybridized carbons (Fsp3) is 0.538. The summed E-state index contributed by atoms with van der Waals surface area (Å²) >= 11 is 0. The molecule has 4 heteroatoms. The van der Waals surface area contributed by atoms with E-state index in [2.05, 4.69) is 0 Å². The number of likely N-dealkylation sites (N-methyl/N-ethyl adjacent to an activating group) is 1. The Balaban J connectivity index is 2.87. The number of hydrogen-bond donors (Lipinski definition) is 1. The molecule has 2 nitrogen and oxygen atoms in total. The Morgan fingerprint density at radius 1 is 1.35 bits per heavy atom. The van der Waals surface area contributed by atoms with Crippen molar-refractivity contribution in [2.24, 2.45) is 5.73 Å². The molecule has 0 saturated heterocycles. The lowest BCUT2D eigenvalue weighted by atomic mass is 9.96. The van der Waals surface area contributed by atoms with Crippen LogP contribution in [0, 0.1) is 11.6 Å². The second-order valence-corrected chi connectivity index (χ2v) is 4.65. The highest BCUT2D eigenvalue weighted by Crippen LogP contribution is 2.20. The SMILES string of the molecule is CCC(C)(CN)N(C)Cc1cc(F)ccc1F. The topological polar surface area (TPSA) is 29.3 Å². The molecule has 0 radical (unpaired) electrons. The zero-order valence-electron chi connectivity index (χ0n) is 10.6. The van der Waals surface area contributed by atoms with Crippen molar-refractivity contribution in [3.8, 4) is 0 Å². The molecule has 0 heterocycles. The molecule has 1 unspecified atom stereocenters. The minimum absolute atomic E-state index is 0.196. The first-order valence-electron chi connectivity index (χ1n) is 5.78. The molecule has 1 aromatic rings. The third-order valence-corrected chi connectivity index (χ3v) is 3.54. The van der Waals surface area contributed by atoms with E-state index in [1.807, 2.05) is 25.8 Å². The molecule has 2 N–H and O–H groups in total. The Morgan fingerprint density at radius 2 is 2.00 bits per heavy atom. The average Bonchev–Trinajstić information content (AvgIpc) is 2.32. The Bertz CT molecular complexity index is 376. The van der Waals surface area contributed by atoms with E-state index in [9.17, 15) is 8.78 Å². The first kappa shape index (κ1) is 14.1. The van der Waals surface area contributed by atoms with Crippen LogP contribution in [0.5, 0.6) is 0 Å². The molecule has 0 aromatic heterocycles. The quantitative estimate of drug-likeness (QED) is 0.859. The van der Waals surface area contributed by atoms with Gasteiger partial charge in [0, 0.05) is 24.2 Å². The van der Waals surface area contributed by atoms with Crippen LogP contribution in [0.1, 0.15) is 25.8 Å². The Hall–Kier alpha value is -1.00. The number of rotatable bonds is 5. The van der Waals surface area contributed by atoms with E-state index in [4.69, 9.17) is 5.73 Å². The van der Waals surface area contributed by atoms with Gasteiger partial charge >= 0.3 is 0 Å². The minimum atomic E-state index is -0.416. The highest BCUT2D eigenvalue weighted by atomic mass is 19.1. The van der Waals surface area contributed by atoms with Crippen molar-refractivity contribution in [1.82, 2.24) is 4.90 Å². The predicted molar refractivity (Wildman–Crippen MR) is 65.6 cm³/mol. The van der Waals surface area contributed by atoms with Gasteiger partial charge in [-0.2, -0.15) is 0 Å². The van der Waals surface area contributed by atoms with Crippen LogP contribution in [-0.2, 0) is 6.54 Å². The summed E-state index contributed by atoms with van der Waals surface area (Å²) in [6, 6.07) is 3.52. The van der Waals surface area contributed by atoms with E-state index in [1.54, 1.807) is 0 Å². The van der Waals surface area contributed by atoms with Gasteiger partial charge in [0.2, 0.25) is 0 Å². The van der Waals surface area contributed by atoms with Crippen molar-refractivity contribution < 1.29 is 8.78 Å². The summed E-state index contributed by atoms with van der Waals surface area (Å²) in [4.78, 5) is 1.96. The lowest BCUT2D eigenvalue weighted by Gasteiger charge is -2.37. The summed E-state index contributed by atoms with van der Waals surface area (Å²) < 4.78 is 26.5. The number of benzene rings is 1. The lowest BCUT2D eigenvalue weighted by Crippen LogP contribution is -2.48. The molecule has 1 rings (SSSR count). The van der Waals surface area contributed by atoms with E-state index >= 15 is 0 Å². The van der Waals surface area contributed by atoms with Gasteiger partial charge in [0.1, 0.15) is 11.6 Å². The highest BCUT2D eigenvalue weighted by Gasteiger charge is 2.26. The summed E-state index contributed by atoms with van der Waals surface area (Å²) in [5.74, 6) is -0.797. The van der Waals surface area contributed by atoms with E-state index in [-0.39, 0.29) is 11.4 Å². The second-order valence-electron chi connectivity index (χ2n) is 4.65. The van der Waals surface area contributed by atoms with E-state index in [0.29, 0.717) is 18.7 Å². The monoisotopic (exact) mass is 242 g/mol. The molecule has 0 aliphatic rings. The molecule has 0 aliphatic heterocycles. The molecule has 17 heavy (non-hydrogen) atoms. The van der Waals surface area contributed by atoms with Crippen LogP contribution >= 0.6 is 0 Å². The van der Waals surface area contributed by atoms with Gasteiger partial charge < -0.3 is 5.73 Å². The average molecular weight is 242 g/mol. The molecule has 0 spiro atoms. The Kier molecular flexibility index (Phi) is 4.60. The predicted octanol–water partition coefficient (Wildman–Crippen LogP) is 2.52. The van der Waals surface area contributed by atoms with Crippen molar-refractivity contribution in [2.75, 3.05) is 13.6 Å². The van der Waals surface area contributed by atoms with Gasteiger partial charge in [-0.1, -0.05) is 6.92 Å². The third kappa shape index (κ3) is 3.23. The minimum Gasteiger partial charge on any atom is -0.329 e. The molecule has 1 atom stereocenters. The van der Waals surface area contributed by atoms with Gasteiger partial charge in [0.05, 0.1) is 0 Å². The highest BCUT2D eigenvalue weighted by molar-refractivity contribution is 5.18. The molecule has 0 bridgehead atoms. The molecule has 1 aromatic carbocycles. The van der Waals surface area contributed by atoms with Crippen LogP contribution < -0.4 is 5.73 Å². The van der Waals surface area contributed by atoms with Gasteiger partial charge in [0.15, 0.2) is 0 Å². The Labute approximate surface area is 101 Å². The fourth-order valence-corrected chi connectivity index (χ4v) is 1.68. The maximum atomic E-state index is 13.5. The number of nitrogens with two attached hydrogens (primary N) is 1. The molecular weight excluding hydrogens is 222 g/mol. The van der Waals surface area contributed by atoms with Crippen molar-refractivity contribution >= 4 is 0 Å². The second kappa shape index (κ2) is 5.56. The standard InChI is InChI=1S/C13H20F2N2/c1-4-13(2,9-16)17(3)8-10-7-11(14)5-6-12(10)15/h5-7H,4,8-9,16H2,1-3H3. The van der Waals surface area contributed by atoms with Crippen molar-refractivity contribution in [2.45, 2.75) is 32.4 Å². The summed E-state index contributed by atoms with van der Waals surface area (Å²) in [6.07, 6.45) is 0.858. The summed E-state index contributed by atoms with van der Waals surface area (Å²) in [5.41, 5.74) is 5.90. The van der Waals surface area contributed by atoms with Gasteiger partial charge in [-0.15, -0.1) is 0 Å². The van der Waals surface area contributed by atoms with Crippen LogP contribution in [0.2, 0.25) is 0 Å². The molecule has 0 saturated carbocycles. The molecule has 0 amide bonds. The van der Waals surface area contributed by atoms with Crippen molar-refractivity contribution in [3.63, 3.8) is 0 Å². The number of halogens is 2. The number of hydrogen-bond acceptors (Lipinski definition) is 2. The van der Waals surface area contributed by atoms with Crippen molar-refractivity contribution in [3.05, 3.63) is 35.4 Å². The van der Waals surface area contributed by atoms with Crippen LogP contribution in [0.4, 0.5) is 8.78 Å². The van der Waals surface area contributed by atoms with Gasteiger partial charge in [0.25, 0.3) is 0 Å². The smallest absolute Gasteiger partial charge is 0.127 e. The largest absolute Gasteiger partial charge is 0.329 e. The maximum Gasteiger partial charge on any atom is 0.127 e. The van der Waals surface area contributed by atoms with E-state index in [0.717, 1.165) is 18.6 Å². The lowest BCUT2D eigenvalue weighted by molar-refractivity contribution is 0.130. The first-order chi connectivity index (χ1) is 7.92. The molecule has 96 valence electrons. The summed E-state index contributed by atoms with van der Waals surface area (Å²) in [5, 5.41) is 0. The van der Waals surface area contributed by atoms with Gasteiger partial charge in [-0.25, -0.2) is 8.78 Å². The Morgan fingerprint density at radius 3 is 2.53 bits per heavy atom. The number of nitrogens with zero attached hydrogens (tertiary/aromatic N) is 1.